The van der Waals surface area contributed by atoms with Crippen molar-refractivity contribution in [2.24, 2.45) is 0 Å². The van der Waals surface area contributed by atoms with Crippen molar-refractivity contribution < 1.29 is 4.79 Å². The fourth-order valence-electron chi connectivity index (χ4n) is 3.24. The molecule has 0 radical (unpaired) electrons. The monoisotopic (exact) mass is 388 g/mol. The van der Waals surface area contributed by atoms with Gasteiger partial charge in [0.25, 0.3) is 5.91 Å². The van der Waals surface area contributed by atoms with Crippen molar-refractivity contribution >= 4 is 11.7 Å². The van der Waals surface area contributed by atoms with Crippen LogP contribution in [0.2, 0.25) is 0 Å². The molecule has 1 aliphatic heterocycles. The third-order valence-electron chi connectivity index (χ3n) is 4.98. The van der Waals surface area contributed by atoms with Gasteiger partial charge in [0.15, 0.2) is 5.82 Å². The lowest BCUT2D eigenvalue weighted by molar-refractivity contribution is 0.0946. The van der Waals surface area contributed by atoms with E-state index in [1.165, 1.54) is 0 Å². The Morgan fingerprint density at radius 2 is 1.83 bits per heavy atom. The van der Waals surface area contributed by atoms with Gasteiger partial charge in [-0.05, 0) is 18.7 Å². The number of piperazine rings is 1. The van der Waals surface area contributed by atoms with Gasteiger partial charge >= 0.3 is 0 Å². The van der Waals surface area contributed by atoms with E-state index in [0.717, 1.165) is 43.1 Å². The highest BCUT2D eigenvalue weighted by atomic mass is 16.1. The Bertz CT molecular complexity index is 956. The SMILES string of the molecule is CN1CCN(c2cc(C(=O)NCc3cccnc3)nc(-c3ccccc3)n2)CC1. The molecule has 29 heavy (non-hydrogen) atoms. The first-order chi connectivity index (χ1) is 14.2. The number of aromatic nitrogens is 3. The molecule has 3 heterocycles. The van der Waals surface area contributed by atoms with Gasteiger partial charge in [-0.15, -0.1) is 0 Å². The molecule has 1 amide bonds. The van der Waals surface area contributed by atoms with Crippen LogP contribution in [0, 0.1) is 0 Å². The number of anilines is 1. The lowest BCUT2D eigenvalue weighted by Crippen LogP contribution is -2.45. The summed E-state index contributed by atoms with van der Waals surface area (Å²) in [6.07, 6.45) is 3.45. The van der Waals surface area contributed by atoms with Crippen LogP contribution in [0.5, 0.6) is 0 Å². The molecule has 2 aromatic heterocycles. The zero-order valence-corrected chi connectivity index (χ0v) is 16.5. The summed E-state index contributed by atoms with van der Waals surface area (Å²) in [5.41, 5.74) is 2.21. The van der Waals surface area contributed by atoms with Gasteiger partial charge in [0.1, 0.15) is 11.5 Å². The molecular weight excluding hydrogens is 364 g/mol. The summed E-state index contributed by atoms with van der Waals surface area (Å²) in [6, 6.07) is 15.3. The second-order valence-electron chi connectivity index (χ2n) is 7.14. The molecular formula is C22H24N6O. The second-order valence-corrected chi connectivity index (χ2v) is 7.14. The van der Waals surface area contributed by atoms with Crippen molar-refractivity contribution in [3.05, 3.63) is 72.2 Å². The van der Waals surface area contributed by atoms with Crippen molar-refractivity contribution in [2.45, 2.75) is 6.54 Å². The fraction of sp³-hybridized carbons (Fsp3) is 0.273. The Morgan fingerprint density at radius 1 is 1.03 bits per heavy atom. The zero-order chi connectivity index (χ0) is 20.1. The number of carbonyl (C=O) groups is 1. The molecule has 1 aliphatic rings. The first kappa shape index (κ1) is 19.0. The summed E-state index contributed by atoms with van der Waals surface area (Å²) in [5, 5.41) is 2.94. The van der Waals surface area contributed by atoms with Crippen molar-refractivity contribution in [1.82, 2.24) is 25.2 Å². The summed E-state index contributed by atoms with van der Waals surface area (Å²) < 4.78 is 0. The van der Waals surface area contributed by atoms with E-state index in [-0.39, 0.29) is 5.91 Å². The Labute approximate surface area is 170 Å². The van der Waals surface area contributed by atoms with E-state index < -0.39 is 0 Å². The number of nitrogens with zero attached hydrogens (tertiary/aromatic N) is 5. The highest BCUT2D eigenvalue weighted by molar-refractivity contribution is 5.93. The summed E-state index contributed by atoms with van der Waals surface area (Å²) in [4.78, 5) is 30.7. The van der Waals surface area contributed by atoms with Crippen molar-refractivity contribution in [1.29, 1.82) is 0 Å². The van der Waals surface area contributed by atoms with Crippen LogP contribution >= 0.6 is 0 Å². The minimum Gasteiger partial charge on any atom is -0.354 e. The fourth-order valence-corrected chi connectivity index (χ4v) is 3.24. The van der Waals surface area contributed by atoms with Crippen LogP contribution in [0.3, 0.4) is 0 Å². The molecule has 0 bridgehead atoms. The third kappa shape index (κ3) is 4.75. The molecule has 1 fully saturated rings. The average Bonchev–Trinajstić information content (AvgIpc) is 2.79. The van der Waals surface area contributed by atoms with E-state index in [2.05, 4.69) is 32.1 Å². The molecule has 0 spiro atoms. The Kier molecular flexibility index (Phi) is 5.76. The average molecular weight is 388 g/mol. The summed E-state index contributed by atoms with van der Waals surface area (Å²) in [7, 11) is 2.12. The Hall–Kier alpha value is -3.32. The van der Waals surface area contributed by atoms with Crippen LogP contribution in [0.25, 0.3) is 11.4 Å². The van der Waals surface area contributed by atoms with E-state index in [4.69, 9.17) is 4.98 Å². The van der Waals surface area contributed by atoms with Crippen molar-refractivity contribution in [3.63, 3.8) is 0 Å². The van der Waals surface area contributed by atoms with Gasteiger partial charge in [0.05, 0.1) is 0 Å². The highest BCUT2D eigenvalue weighted by Gasteiger charge is 2.19. The molecule has 3 aromatic rings. The molecule has 1 N–H and O–H groups in total. The summed E-state index contributed by atoms with van der Waals surface area (Å²) in [5.74, 6) is 1.14. The maximum atomic E-state index is 12.8. The predicted octanol–water partition coefficient (Wildman–Crippen LogP) is 2.22. The first-order valence-electron chi connectivity index (χ1n) is 9.74. The van der Waals surface area contributed by atoms with Crippen LogP contribution in [0.4, 0.5) is 5.82 Å². The lowest BCUT2D eigenvalue weighted by atomic mass is 10.2. The van der Waals surface area contributed by atoms with Gasteiger partial charge in [-0.3, -0.25) is 9.78 Å². The molecule has 0 saturated carbocycles. The van der Waals surface area contributed by atoms with Gasteiger partial charge in [-0.1, -0.05) is 36.4 Å². The molecule has 7 heteroatoms. The number of nitrogens with one attached hydrogen (secondary N) is 1. The van der Waals surface area contributed by atoms with Crippen molar-refractivity contribution in [2.75, 3.05) is 38.1 Å². The van der Waals surface area contributed by atoms with Crippen LogP contribution in [0.15, 0.2) is 60.9 Å². The molecule has 1 aromatic carbocycles. The molecule has 4 rings (SSSR count). The Balaban J connectivity index is 1.61. The topological polar surface area (TPSA) is 74.2 Å². The van der Waals surface area contributed by atoms with Gasteiger partial charge < -0.3 is 15.1 Å². The standard InChI is InChI=1S/C22H24N6O/c1-27-10-12-28(13-11-27)20-14-19(22(29)24-16-17-6-5-9-23-15-17)25-21(26-20)18-7-3-2-4-8-18/h2-9,14-15H,10-13,16H2,1H3,(H,24,29). The third-order valence-corrected chi connectivity index (χ3v) is 4.98. The molecule has 0 unspecified atom stereocenters. The number of hydrogen-bond acceptors (Lipinski definition) is 6. The minimum absolute atomic E-state index is 0.219. The number of carbonyl (C=O) groups excluding carboxylic acids is 1. The predicted molar refractivity (Wildman–Crippen MR) is 113 cm³/mol. The maximum absolute atomic E-state index is 12.8. The number of likely N-dealkylation sites (N-methyl/N-ethyl adjacent to an activating group) is 1. The normalized spacial score (nSPS) is 14.6. The quantitative estimate of drug-likeness (QED) is 0.722. The van der Waals surface area contributed by atoms with E-state index in [1.54, 1.807) is 18.5 Å². The largest absolute Gasteiger partial charge is 0.354 e. The Morgan fingerprint density at radius 3 is 2.55 bits per heavy atom. The smallest absolute Gasteiger partial charge is 0.270 e. The van der Waals surface area contributed by atoms with Crippen molar-refractivity contribution in [3.8, 4) is 11.4 Å². The van der Waals surface area contributed by atoms with Gasteiger partial charge in [0, 0.05) is 56.7 Å². The maximum Gasteiger partial charge on any atom is 0.270 e. The summed E-state index contributed by atoms with van der Waals surface area (Å²) >= 11 is 0. The molecule has 148 valence electrons. The van der Waals surface area contributed by atoms with E-state index in [0.29, 0.717) is 18.1 Å². The van der Waals surface area contributed by atoms with E-state index in [9.17, 15) is 4.79 Å². The summed E-state index contributed by atoms with van der Waals surface area (Å²) in [6.45, 7) is 4.08. The number of hydrogen-bond donors (Lipinski definition) is 1. The second kappa shape index (κ2) is 8.79. The molecule has 0 aliphatic carbocycles. The number of amides is 1. The highest BCUT2D eigenvalue weighted by Crippen LogP contribution is 2.21. The van der Waals surface area contributed by atoms with Crippen LogP contribution in [0.1, 0.15) is 16.1 Å². The lowest BCUT2D eigenvalue weighted by Gasteiger charge is -2.33. The number of benzene rings is 1. The molecule has 1 saturated heterocycles. The first-order valence-corrected chi connectivity index (χ1v) is 9.74. The minimum atomic E-state index is -0.219. The van der Waals surface area contributed by atoms with Crippen LogP contribution in [-0.4, -0.2) is 59.0 Å². The van der Waals surface area contributed by atoms with E-state index in [1.807, 2.05) is 42.5 Å². The van der Waals surface area contributed by atoms with Crippen LogP contribution < -0.4 is 10.2 Å². The van der Waals surface area contributed by atoms with Gasteiger partial charge in [-0.25, -0.2) is 9.97 Å². The van der Waals surface area contributed by atoms with E-state index >= 15 is 0 Å². The zero-order valence-electron chi connectivity index (χ0n) is 16.5. The molecule has 7 nitrogen and oxygen atoms in total. The van der Waals surface area contributed by atoms with Gasteiger partial charge in [-0.2, -0.15) is 0 Å². The number of rotatable bonds is 5. The molecule has 0 atom stereocenters. The van der Waals surface area contributed by atoms with Crippen LogP contribution in [-0.2, 0) is 6.54 Å². The van der Waals surface area contributed by atoms with Gasteiger partial charge in [0.2, 0.25) is 0 Å². The number of pyridine rings is 1.